The van der Waals surface area contributed by atoms with Gasteiger partial charge < -0.3 is 24.4 Å². The van der Waals surface area contributed by atoms with Crippen LogP contribution in [-0.2, 0) is 11.2 Å². The summed E-state index contributed by atoms with van der Waals surface area (Å²) in [5.74, 6) is 4.46. The van der Waals surface area contributed by atoms with E-state index in [9.17, 15) is 9.18 Å². The van der Waals surface area contributed by atoms with Gasteiger partial charge in [0, 0.05) is 38.7 Å². The fraction of sp³-hybridized carbons (Fsp3) is 0.633. The largest absolute Gasteiger partial charge is 0.493 e. The highest BCUT2D eigenvalue weighted by molar-refractivity contribution is 5.98. The SMILES string of the molecule is CN/C(C)=N\C1=NCCN(C(=O)Cc2ccc(OCC[C@@H]3C[C@@H]3C3CCN(c4nc(C(C)C)no4)CC3)cc2F)C1. The summed E-state index contributed by atoms with van der Waals surface area (Å²) >= 11 is 0. The summed E-state index contributed by atoms with van der Waals surface area (Å²) in [6.45, 7) is 9.80. The topological polar surface area (TPSA) is 108 Å². The molecule has 1 aromatic heterocycles. The Bertz CT molecular complexity index is 1270. The first kappa shape index (κ1) is 29.0. The van der Waals surface area contributed by atoms with Gasteiger partial charge in [-0.2, -0.15) is 4.98 Å². The molecule has 3 aliphatic rings. The molecule has 0 spiro atoms. The lowest BCUT2D eigenvalue weighted by Crippen LogP contribution is -2.41. The van der Waals surface area contributed by atoms with E-state index in [2.05, 4.69) is 44.2 Å². The van der Waals surface area contributed by atoms with E-state index in [1.165, 1.54) is 12.5 Å². The van der Waals surface area contributed by atoms with Gasteiger partial charge in [-0.1, -0.05) is 25.1 Å². The summed E-state index contributed by atoms with van der Waals surface area (Å²) in [4.78, 5) is 30.0. The van der Waals surface area contributed by atoms with Crippen LogP contribution in [0.5, 0.6) is 5.75 Å². The van der Waals surface area contributed by atoms with Crippen LogP contribution in [0.2, 0.25) is 0 Å². The van der Waals surface area contributed by atoms with Gasteiger partial charge in [-0.3, -0.25) is 9.79 Å². The third kappa shape index (κ3) is 7.42. The van der Waals surface area contributed by atoms with E-state index >= 15 is 0 Å². The summed E-state index contributed by atoms with van der Waals surface area (Å²) in [6.07, 6.45) is 4.50. The molecule has 0 unspecified atom stereocenters. The van der Waals surface area contributed by atoms with Crippen molar-refractivity contribution in [3.63, 3.8) is 0 Å². The number of nitrogens with zero attached hydrogens (tertiary/aromatic N) is 6. The molecule has 11 heteroatoms. The van der Waals surface area contributed by atoms with Gasteiger partial charge in [0.05, 0.1) is 26.1 Å². The Balaban J connectivity index is 1.02. The molecule has 2 fully saturated rings. The molecule has 1 saturated heterocycles. The van der Waals surface area contributed by atoms with Crippen molar-refractivity contribution < 1.29 is 18.4 Å². The highest BCUT2D eigenvalue weighted by Crippen LogP contribution is 2.50. The second-order valence-electron chi connectivity index (χ2n) is 11.7. The average Bonchev–Trinajstić information content (AvgIpc) is 3.56. The molecule has 1 aliphatic carbocycles. The Kier molecular flexibility index (Phi) is 9.19. The number of amidine groups is 2. The number of aliphatic imine (C=N–C) groups is 2. The van der Waals surface area contributed by atoms with Gasteiger partial charge in [0.15, 0.2) is 5.82 Å². The van der Waals surface area contributed by atoms with Crippen molar-refractivity contribution in [2.75, 3.05) is 51.3 Å². The average molecular weight is 568 g/mol. The minimum absolute atomic E-state index is 0.00206. The van der Waals surface area contributed by atoms with Gasteiger partial charge in [-0.25, -0.2) is 9.38 Å². The van der Waals surface area contributed by atoms with Crippen LogP contribution in [0.3, 0.4) is 0 Å². The smallest absolute Gasteiger partial charge is 0.324 e. The zero-order valence-corrected chi connectivity index (χ0v) is 24.6. The molecule has 2 aliphatic heterocycles. The van der Waals surface area contributed by atoms with E-state index in [1.54, 1.807) is 24.1 Å². The van der Waals surface area contributed by atoms with Gasteiger partial charge in [0.1, 0.15) is 23.2 Å². The Morgan fingerprint density at radius 2 is 2.07 bits per heavy atom. The molecule has 1 N–H and O–H groups in total. The molecule has 3 heterocycles. The first-order chi connectivity index (χ1) is 19.8. The Labute approximate surface area is 241 Å². The number of rotatable bonds is 9. The van der Waals surface area contributed by atoms with E-state index in [-0.39, 0.29) is 18.2 Å². The maximum absolute atomic E-state index is 14.8. The monoisotopic (exact) mass is 567 g/mol. The Morgan fingerprint density at radius 1 is 1.27 bits per heavy atom. The van der Waals surface area contributed by atoms with Gasteiger partial charge >= 0.3 is 6.01 Å². The van der Waals surface area contributed by atoms with Crippen LogP contribution in [0.25, 0.3) is 0 Å². The summed E-state index contributed by atoms with van der Waals surface area (Å²) in [5, 5.41) is 7.05. The standard InChI is InChI=1S/C30H42FN7O3/c1-19(2)29-35-30(41-36-29)37-11-7-21(8-12-37)25-15-22(25)9-14-40-24-6-5-23(26(31)17-24)16-28(39)38-13-10-33-27(18-38)34-20(3)32-4/h5-6,17,19,21-22,25H,7-16,18H2,1-4H3,(H,32,33,34)/t22-,25-/m1/s1. The van der Waals surface area contributed by atoms with Crippen LogP contribution in [0, 0.1) is 23.6 Å². The molecule has 1 saturated carbocycles. The first-order valence-corrected chi connectivity index (χ1v) is 14.8. The van der Waals surface area contributed by atoms with E-state index < -0.39 is 5.82 Å². The van der Waals surface area contributed by atoms with Crippen molar-refractivity contribution >= 4 is 23.6 Å². The minimum atomic E-state index is -0.413. The summed E-state index contributed by atoms with van der Waals surface area (Å²) < 4.78 is 26.2. The van der Waals surface area contributed by atoms with E-state index in [4.69, 9.17) is 9.26 Å². The van der Waals surface area contributed by atoms with Gasteiger partial charge in [0.2, 0.25) is 5.91 Å². The lowest BCUT2D eigenvalue weighted by Gasteiger charge is -2.30. The first-order valence-electron chi connectivity index (χ1n) is 14.8. The normalized spacial score (nSPS) is 21.7. The van der Waals surface area contributed by atoms with Crippen LogP contribution >= 0.6 is 0 Å². The maximum atomic E-state index is 14.8. The number of carbonyl (C=O) groups is 1. The number of nitrogens with one attached hydrogen (secondary N) is 1. The fourth-order valence-electron chi connectivity index (χ4n) is 5.79. The predicted molar refractivity (Wildman–Crippen MR) is 156 cm³/mol. The lowest BCUT2D eigenvalue weighted by molar-refractivity contribution is -0.129. The van der Waals surface area contributed by atoms with Crippen molar-refractivity contribution in [1.29, 1.82) is 0 Å². The van der Waals surface area contributed by atoms with Crippen LogP contribution in [0.4, 0.5) is 10.4 Å². The van der Waals surface area contributed by atoms with E-state index in [0.717, 1.165) is 55.8 Å². The highest BCUT2D eigenvalue weighted by Gasteiger charge is 2.43. The number of hydrogen-bond acceptors (Lipinski definition) is 8. The summed E-state index contributed by atoms with van der Waals surface area (Å²) in [5.41, 5.74) is 0.371. The van der Waals surface area contributed by atoms with Gasteiger partial charge in [0.25, 0.3) is 0 Å². The van der Waals surface area contributed by atoms with E-state index in [0.29, 0.717) is 55.3 Å². The molecule has 5 rings (SSSR count). The van der Waals surface area contributed by atoms with Gasteiger partial charge in [-0.05, 0) is 62.0 Å². The van der Waals surface area contributed by atoms with Crippen molar-refractivity contribution in [3.05, 3.63) is 35.4 Å². The number of ether oxygens (including phenoxy) is 1. The zero-order chi connectivity index (χ0) is 28.9. The van der Waals surface area contributed by atoms with Crippen molar-refractivity contribution in [1.82, 2.24) is 20.4 Å². The third-order valence-corrected chi connectivity index (χ3v) is 8.47. The molecule has 222 valence electrons. The van der Waals surface area contributed by atoms with Crippen LogP contribution < -0.4 is 15.0 Å². The molecular formula is C30H42FN7O3. The number of hydrogen-bond donors (Lipinski definition) is 1. The number of halogens is 1. The quantitative estimate of drug-likeness (QED) is 0.359. The molecule has 0 radical (unpaired) electrons. The number of benzene rings is 1. The molecule has 2 atom stereocenters. The molecule has 10 nitrogen and oxygen atoms in total. The predicted octanol–water partition coefficient (Wildman–Crippen LogP) is 4.07. The molecule has 2 aromatic rings. The van der Waals surface area contributed by atoms with Gasteiger partial charge in [-0.15, -0.1) is 0 Å². The Morgan fingerprint density at radius 3 is 2.78 bits per heavy atom. The van der Waals surface area contributed by atoms with Crippen LogP contribution in [-0.4, -0.2) is 79.0 Å². The third-order valence-electron chi connectivity index (χ3n) is 8.47. The summed E-state index contributed by atoms with van der Waals surface area (Å²) in [7, 11) is 1.79. The number of carbonyl (C=O) groups excluding carboxylic acids is 1. The highest BCUT2D eigenvalue weighted by atomic mass is 19.1. The molecule has 1 aromatic carbocycles. The van der Waals surface area contributed by atoms with Crippen molar-refractivity contribution in [2.24, 2.45) is 27.7 Å². The van der Waals surface area contributed by atoms with Crippen LogP contribution in [0.1, 0.15) is 63.8 Å². The minimum Gasteiger partial charge on any atom is -0.493 e. The zero-order valence-electron chi connectivity index (χ0n) is 24.6. The second kappa shape index (κ2) is 13.0. The number of amides is 1. The number of anilines is 1. The van der Waals surface area contributed by atoms with Crippen molar-refractivity contribution in [3.8, 4) is 5.75 Å². The summed E-state index contributed by atoms with van der Waals surface area (Å²) in [6, 6.07) is 5.47. The Hall–Kier alpha value is -3.50. The van der Waals surface area contributed by atoms with Crippen molar-refractivity contribution in [2.45, 2.75) is 58.8 Å². The lowest BCUT2D eigenvalue weighted by atomic mass is 9.90. The molecular weight excluding hydrogens is 525 g/mol. The number of aromatic nitrogens is 2. The fourth-order valence-corrected chi connectivity index (χ4v) is 5.79. The number of piperidine rings is 1. The molecule has 0 bridgehead atoms. The molecule has 41 heavy (non-hydrogen) atoms. The van der Waals surface area contributed by atoms with E-state index in [1.807, 2.05) is 6.92 Å². The second-order valence-corrected chi connectivity index (χ2v) is 11.7. The maximum Gasteiger partial charge on any atom is 0.324 e. The molecule has 1 amide bonds. The van der Waals surface area contributed by atoms with Crippen LogP contribution in [0.15, 0.2) is 32.7 Å².